The Labute approximate surface area is 186 Å². The number of aromatic nitrogens is 2. The summed E-state index contributed by atoms with van der Waals surface area (Å²) >= 11 is 0. The van der Waals surface area contributed by atoms with Crippen LogP contribution < -0.4 is 16.6 Å². The Morgan fingerprint density at radius 2 is 1.88 bits per heavy atom. The fourth-order valence-corrected chi connectivity index (χ4v) is 3.85. The summed E-state index contributed by atoms with van der Waals surface area (Å²) < 4.78 is 6.88. The monoisotopic (exact) mass is 433 g/mol. The molecule has 0 unspecified atom stereocenters. The maximum atomic E-state index is 12.7. The van der Waals surface area contributed by atoms with Crippen LogP contribution >= 0.6 is 0 Å². The maximum absolute atomic E-state index is 12.7. The van der Waals surface area contributed by atoms with Crippen LogP contribution in [0, 0.1) is 6.92 Å². The van der Waals surface area contributed by atoms with Gasteiger partial charge in [-0.25, -0.2) is 4.98 Å². The highest BCUT2D eigenvalue weighted by Gasteiger charge is 2.15. The van der Waals surface area contributed by atoms with Gasteiger partial charge in [0, 0.05) is 49.7 Å². The number of anilines is 2. The molecule has 166 valence electrons. The topological polar surface area (TPSA) is 102 Å². The molecule has 1 amide bonds. The van der Waals surface area contributed by atoms with Crippen molar-refractivity contribution in [2.45, 2.75) is 13.5 Å². The minimum Gasteiger partial charge on any atom is -0.379 e. The number of primary amides is 1. The molecule has 1 saturated heterocycles. The molecule has 1 aromatic heterocycles. The van der Waals surface area contributed by atoms with Crippen molar-refractivity contribution in [1.29, 1.82) is 0 Å². The first-order valence-corrected chi connectivity index (χ1v) is 10.6. The van der Waals surface area contributed by atoms with Gasteiger partial charge < -0.3 is 20.4 Å². The highest BCUT2D eigenvalue weighted by atomic mass is 16.5. The van der Waals surface area contributed by atoms with Crippen molar-refractivity contribution >= 4 is 17.4 Å². The number of nitrogens with two attached hydrogens (primary N) is 1. The van der Waals surface area contributed by atoms with E-state index in [9.17, 15) is 9.59 Å². The van der Waals surface area contributed by atoms with E-state index in [1.54, 1.807) is 25.4 Å². The zero-order valence-electron chi connectivity index (χ0n) is 18.3. The Morgan fingerprint density at radius 1 is 1.16 bits per heavy atom. The maximum Gasteiger partial charge on any atom is 0.293 e. The third kappa shape index (κ3) is 4.71. The van der Waals surface area contributed by atoms with Crippen molar-refractivity contribution in [3.8, 4) is 11.3 Å². The fourth-order valence-electron chi connectivity index (χ4n) is 3.85. The lowest BCUT2D eigenvalue weighted by Crippen LogP contribution is -2.35. The minimum atomic E-state index is -0.496. The fraction of sp³-hybridized carbons (Fsp3) is 0.292. The van der Waals surface area contributed by atoms with E-state index in [1.807, 2.05) is 37.3 Å². The van der Waals surface area contributed by atoms with Gasteiger partial charge in [-0.3, -0.25) is 14.5 Å². The normalized spacial score (nSPS) is 14.3. The summed E-state index contributed by atoms with van der Waals surface area (Å²) in [5.74, 6) is -0.278. The lowest BCUT2D eigenvalue weighted by atomic mass is 10.00. The molecule has 4 rings (SSSR count). The summed E-state index contributed by atoms with van der Waals surface area (Å²) in [4.78, 5) is 31.3. The summed E-state index contributed by atoms with van der Waals surface area (Å²) in [6.07, 6.45) is 1.66. The quantitative estimate of drug-likeness (QED) is 0.619. The second-order valence-electron chi connectivity index (χ2n) is 7.94. The molecule has 3 aromatic rings. The van der Waals surface area contributed by atoms with Gasteiger partial charge in [-0.2, -0.15) is 0 Å². The number of carbonyl (C=O) groups is 1. The van der Waals surface area contributed by atoms with Crippen molar-refractivity contribution in [3.05, 3.63) is 75.7 Å². The van der Waals surface area contributed by atoms with E-state index >= 15 is 0 Å². The predicted molar refractivity (Wildman–Crippen MR) is 124 cm³/mol. The molecule has 8 nitrogen and oxygen atoms in total. The molecular formula is C24H27N5O3. The number of morpholine rings is 1. The number of nitrogens with one attached hydrogen (secondary N) is 1. The van der Waals surface area contributed by atoms with Gasteiger partial charge in [-0.1, -0.05) is 24.3 Å². The molecule has 2 heterocycles. The minimum absolute atomic E-state index is 0.217. The molecule has 1 fully saturated rings. The van der Waals surface area contributed by atoms with Crippen molar-refractivity contribution in [2.24, 2.45) is 12.8 Å². The number of nitrogens with zero attached hydrogens (tertiary/aromatic N) is 3. The lowest BCUT2D eigenvalue weighted by molar-refractivity contribution is 0.0342. The Balaban J connectivity index is 1.58. The standard InChI is InChI=1S/C24H27N5O3/c1-16-19(4-3-5-20(16)22(25)30)21-15-28(2)24(31)23(27-21)26-18-8-6-17(7-9-18)14-29-10-12-32-13-11-29/h3-9,15H,10-14H2,1-2H3,(H2,25,30)(H,26,27). The first kappa shape index (κ1) is 21.7. The van der Waals surface area contributed by atoms with Crippen molar-refractivity contribution in [1.82, 2.24) is 14.5 Å². The summed E-state index contributed by atoms with van der Waals surface area (Å²) in [5.41, 5.74) is 9.71. The summed E-state index contributed by atoms with van der Waals surface area (Å²) in [6, 6.07) is 13.3. The molecule has 32 heavy (non-hydrogen) atoms. The van der Waals surface area contributed by atoms with Gasteiger partial charge >= 0.3 is 0 Å². The highest BCUT2D eigenvalue weighted by Crippen LogP contribution is 2.25. The molecule has 2 aromatic carbocycles. The molecule has 0 bridgehead atoms. The van der Waals surface area contributed by atoms with E-state index < -0.39 is 5.91 Å². The van der Waals surface area contributed by atoms with Crippen LogP contribution in [0.3, 0.4) is 0 Å². The molecule has 8 heteroatoms. The Kier molecular flexibility index (Phi) is 6.34. The molecule has 1 aliphatic rings. The Hall–Kier alpha value is -3.49. The van der Waals surface area contributed by atoms with Crippen LogP contribution in [0.1, 0.15) is 21.5 Å². The van der Waals surface area contributed by atoms with Crippen LogP contribution in [-0.4, -0.2) is 46.7 Å². The molecule has 3 N–H and O–H groups in total. The van der Waals surface area contributed by atoms with Gasteiger partial charge in [0.2, 0.25) is 5.91 Å². The Morgan fingerprint density at radius 3 is 2.56 bits per heavy atom. The van der Waals surface area contributed by atoms with Crippen LogP contribution in [0.2, 0.25) is 0 Å². The van der Waals surface area contributed by atoms with Crippen LogP contribution in [-0.2, 0) is 18.3 Å². The number of aryl methyl sites for hydroxylation is 1. The smallest absolute Gasteiger partial charge is 0.293 e. The zero-order valence-corrected chi connectivity index (χ0v) is 18.3. The third-order valence-electron chi connectivity index (χ3n) is 5.67. The average molecular weight is 434 g/mol. The number of amides is 1. The second-order valence-corrected chi connectivity index (χ2v) is 7.94. The molecule has 0 saturated carbocycles. The van der Waals surface area contributed by atoms with Crippen molar-refractivity contribution in [3.63, 3.8) is 0 Å². The molecule has 0 atom stereocenters. The number of benzene rings is 2. The van der Waals surface area contributed by atoms with Crippen molar-refractivity contribution in [2.75, 3.05) is 31.6 Å². The van der Waals surface area contributed by atoms with Crippen LogP contribution in [0.4, 0.5) is 11.5 Å². The van der Waals surface area contributed by atoms with Crippen molar-refractivity contribution < 1.29 is 9.53 Å². The number of hydrogen-bond donors (Lipinski definition) is 2. The third-order valence-corrected chi connectivity index (χ3v) is 5.67. The first-order chi connectivity index (χ1) is 15.4. The lowest BCUT2D eigenvalue weighted by Gasteiger charge is -2.26. The van der Waals surface area contributed by atoms with E-state index in [-0.39, 0.29) is 11.4 Å². The molecule has 0 spiro atoms. The van der Waals surface area contributed by atoms with E-state index in [1.165, 1.54) is 10.1 Å². The van der Waals surface area contributed by atoms with Crippen LogP contribution in [0.15, 0.2) is 53.5 Å². The van der Waals surface area contributed by atoms with Gasteiger partial charge in [0.05, 0.1) is 18.9 Å². The zero-order chi connectivity index (χ0) is 22.7. The van der Waals surface area contributed by atoms with Gasteiger partial charge in [0.1, 0.15) is 0 Å². The summed E-state index contributed by atoms with van der Waals surface area (Å²) in [5, 5.41) is 3.14. The average Bonchev–Trinajstić information content (AvgIpc) is 2.79. The predicted octanol–water partition coefficient (Wildman–Crippen LogP) is 2.43. The van der Waals surface area contributed by atoms with Gasteiger partial charge in [-0.15, -0.1) is 0 Å². The molecule has 0 radical (unpaired) electrons. The highest BCUT2D eigenvalue weighted by molar-refractivity contribution is 5.96. The SMILES string of the molecule is Cc1c(C(N)=O)cccc1-c1cn(C)c(=O)c(Nc2ccc(CN3CCOCC3)cc2)n1. The molecule has 0 aliphatic carbocycles. The van der Waals surface area contributed by atoms with Crippen LogP contribution in [0.5, 0.6) is 0 Å². The van der Waals surface area contributed by atoms with Gasteiger partial charge in [-0.05, 0) is 36.2 Å². The largest absolute Gasteiger partial charge is 0.379 e. The Bertz CT molecular complexity index is 1180. The summed E-state index contributed by atoms with van der Waals surface area (Å²) in [6.45, 7) is 6.10. The van der Waals surface area contributed by atoms with Crippen LogP contribution in [0.25, 0.3) is 11.3 Å². The van der Waals surface area contributed by atoms with Gasteiger partial charge in [0.25, 0.3) is 5.56 Å². The van der Waals surface area contributed by atoms with E-state index in [2.05, 4.69) is 15.2 Å². The van der Waals surface area contributed by atoms with E-state index in [0.29, 0.717) is 11.3 Å². The number of hydrogen-bond acceptors (Lipinski definition) is 6. The number of ether oxygens (including phenoxy) is 1. The molecule has 1 aliphatic heterocycles. The number of carbonyl (C=O) groups excluding carboxylic acids is 1. The second kappa shape index (κ2) is 9.33. The first-order valence-electron chi connectivity index (χ1n) is 10.6. The number of rotatable bonds is 6. The summed E-state index contributed by atoms with van der Waals surface area (Å²) in [7, 11) is 1.68. The van der Waals surface area contributed by atoms with E-state index in [0.717, 1.165) is 49.7 Å². The molecular weight excluding hydrogens is 406 g/mol. The van der Waals surface area contributed by atoms with E-state index in [4.69, 9.17) is 10.5 Å². The van der Waals surface area contributed by atoms with Gasteiger partial charge in [0.15, 0.2) is 5.82 Å².